The number of morpholine rings is 1. The molecule has 1 aliphatic rings. The number of anilines is 1. The molecule has 7 heteroatoms. The lowest BCUT2D eigenvalue weighted by Gasteiger charge is -2.29. The molecule has 0 atom stereocenters. The highest BCUT2D eigenvalue weighted by Gasteiger charge is 2.13. The molecule has 1 N–H and O–H groups in total. The molecule has 0 aliphatic carbocycles. The molecule has 1 amide bonds. The second-order valence-corrected chi connectivity index (χ2v) is 5.46. The Labute approximate surface area is 146 Å². The van der Waals surface area contributed by atoms with E-state index in [0.717, 1.165) is 37.6 Å². The summed E-state index contributed by atoms with van der Waals surface area (Å²) in [5.74, 6) is 0.411. The van der Waals surface area contributed by atoms with Crippen LogP contribution in [0.4, 0.5) is 5.69 Å². The van der Waals surface area contributed by atoms with Crippen LogP contribution in [0, 0.1) is 0 Å². The molecular weight excluding hydrogens is 320 g/mol. The molecule has 0 radical (unpaired) electrons. The third kappa shape index (κ3) is 4.33. The van der Waals surface area contributed by atoms with Crippen LogP contribution < -0.4 is 15.1 Å². The van der Waals surface area contributed by atoms with Crippen molar-refractivity contribution in [3.63, 3.8) is 0 Å². The maximum absolute atomic E-state index is 11.9. The lowest BCUT2D eigenvalue weighted by atomic mass is 10.1. The zero-order chi connectivity index (χ0) is 17.5. The Balaban J connectivity index is 1.68. The minimum atomic E-state index is -0.289. The van der Waals surface area contributed by atoms with Crippen LogP contribution in [0.15, 0.2) is 47.8 Å². The lowest BCUT2D eigenvalue weighted by Crippen LogP contribution is -2.36. The van der Waals surface area contributed by atoms with E-state index in [4.69, 9.17) is 9.47 Å². The number of amides is 1. The van der Waals surface area contributed by atoms with Gasteiger partial charge in [-0.25, -0.2) is 5.43 Å². The summed E-state index contributed by atoms with van der Waals surface area (Å²) in [6.45, 7) is 3.18. The van der Waals surface area contributed by atoms with Crippen molar-refractivity contribution in [3.05, 3.63) is 53.9 Å². The van der Waals surface area contributed by atoms with Crippen molar-refractivity contribution in [3.8, 4) is 5.75 Å². The van der Waals surface area contributed by atoms with Crippen LogP contribution >= 0.6 is 0 Å². The molecule has 1 fully saturated rings. The number of nitrogens with one attached hydrogen (secondary N) is 1. The Morgan fingerprint density at radius 3 is 2.76 bits per heavy atom. The standard InChI is InChI=1S/C18H20N4O3/c1-24-17-12-16(22-8-10-25-11-9-22)3-2-15(17)13-20-21-18(23)14-4-6-19-7-5-14/h2-7,12-13H,8-11H2,1H3,(H,21,23)/b20-13-. The Kier molecular flexibility index (Phi) is 5.58. The van der Waals surface area contributed by atoms with Gasteiger partial charge >= 0.3 is 0 Å². The van der Waals surface area contributed by atoms with Gasteiger partial charge in [-0.1, -0.05) is 0 Å². The van der Waals surface area contributed by atoms with Crippen molar-refractivity contribution in [2.24, 2.45) is 5.10 Å². The normalized spacial score (nSPS) is 14.5. The van der Waals surface area contributed by atoms with Gasteiger partial charge in [-0.05, 0) is 24.3 Å². The summed E-state index contributed by atoms with van der Waals surface area (Å²) in [6, 6.07) is 9.16. The number of hydrogen-bond donors (Lipinski definition) is 1. The molecule has 0 spiro atoms. The van der Waals surface area contributed by atoms with Gasteiger partial charge in [-0.2, -0.15) is 5.10 Å². The maximum Gasteiger partial charge on any atom is 0.271 e. The Morgan fingerprint density at radius 1 is 1.28 bits per heavy atom. The summed E-state index contributed by atoms with van der Waals surface area (Å²) in [5, 5.41) is 4.01. The number of benzene rings is 1. The van der Waals surface area contributed by atoms with Crippen molar-refractivity contribution in [2.45, 2.75) is 0 Å². The average molecular weight is 340 g/mol. The van der Waals surface area contributed by atoms with Crippen molar-refractivity contribution in [1.82, 2.24) is 10.4 Å². The topological polar surface area (TPSA) is 76.1 Å². The van der Waals surface area contributed by atoms with E-state index < -0.39 is 0 Å². The molecule has 1 saturated heterocycles. The Morgan fingerprint density at radius 2 is 2.04 bits per heavy atom. The van der Waals surface area contributed by atoms with E-state index >= 15 is 0 Å². The van der Waals surface area contributed by atoms with Crippen molar-refractivity contribution in [1.29, 1.82) is 0 Å². The van der Waals surface area contributed by atoms with Gasteiger partial charge in [0.25, 0.3) is 5.91 Å². The Bertz CT molecular complexity index is 743. The van der Waals surface area contributed by atoms with E-state index in [9.17, 15) is 4.79 Å². The van der Waals surface area contributed by atoms with Crippen LogP contribution in [0.5, 0.6) is 5.75 Å². The summed E-state index contributed by atoms with van der Waals surface area (Å²) < 4.78 is 10.8. The van der Waals surface area contributed by atoms with E-state index in [1.165, 1.54) is 0 Å². The number of hydrazone groups is 1. The molecule has 0 unspecified atom stereocenters. The van der Waals surface area contributed by atoms with Crippen LogP contribution in [0.2, 0.25) is 0 Å². The molecule has 130 valence electrons. The number of nitrogens with zero attached hydrogens (tertiary/aromatic N) is 3. The van der Waals surface area contributed by atoms with Crippen LogP contribution in [-0.4, -0.2) is 50.5 Å². The van der Waals surface area contributed by atoms with E-state index in [1.54, 1.807) is 37.9 Å². The van der Waals surface area contributed by atoms with Crippen LogP contribution in [0.3, 0.4) is 0 Å². The first kappa shape index (κ1) is 16.9. The number of carbonyl (C=O) groups excluding carboxylic acids is 1. The number of carbonyl (C=O) groups is 1. The van der Waals surface area contributed by atoms with Gasteiger partial charge in [0.15, 0.2) is 0 Å². The van der Waals surface area contributed by atoms with Gasteiger partial charge in [0, 0.05) is 48.4 Å². The molecular formula is C18H20N4O3. The number of pyridine rings is 1. The highest BCUT2D eigenvalue weighted by molar-refractivity contribution is 5.95. The molecule has 2 heterocycles. The molecule has 0 bridgehead atoms. The molecule has 1 aliphatic heterocycles. The monoisotopic (exact) mass is 340 g/mol. The van der Waals surface area contributed by atoms with E-state index in [1.807, 2.05) is 18.2 Å². The fraction of sp³-hybridized carbons (Fsp3) is 0.278. The summed E-state index contributed by atoms with van der Waals surface area (Å²) in [4.78, 5) is 18.1. The summed E-state index contributed by atoms with van der Waals surface area (Å²) in [7, 11) is 1.62. The summed E-state index contributed by atoms with van der Waals surface area (Å²) in [5.41, 5.74) is 4.87. The van der Waals surface area contributed by atoms with E-state index in [0.29, 0.717) is 11.3 Å². The first-order valence-electron chi connectivity index (χ1n) is 8.02. The quantitative estimate of drug-likeness (QED) is 0.662. The predicted octanol–water partition coefficient (Wildman–Crippen LogP) is 1.69. The third-order valence-corrected chi connectivity index (χ3v) is 3.91. The molecule has 1 aromatic heterocycles. The van der Waals surface area contributed by atoms with Crippen molar-refractivity contribution in [2.75, 3.05) is 38.3 Å². The minimum Gasteiger partial charge on any atom is -0.496 e. The molecule has 7 nitrogen and oxygen atoms in total. The second kappa shape index (κ2) is 8.25. The number of rotatable bonds is 5. The zero-order valence-corrected chi connectivity index (χ0v) is 14.0. The zero-order valence-electron chi connectivity index (χ0n) is 14.0. The smallest absolute Gasteiger partial charge is 0.271 e. The van der Waals surface area contributed by atoms with Gasteiger partial charge in [-0.15, -0.1) is 0 Å². The minimum absolute atomic E-state index is 0.289. The second-order valence-electron chi connectivity index (χ2n) is 5.46. The predicted molar refractivity (Wildman–Crippen MR) is 95.3 cm³/mol. The molecule has 0 saturated carbocycles. The lowest BCUT2D eigenvalue weighted by molar-refractivity contribution is 0.0955. The molecule has 25 heavy (non-hydrogen) atoms. The van der Waals surface area contributed by atoms with Crippen LogP contribution in [0.1, 0.15) is 15.9 Å². The first-order valence-corrected chi connectivity index (χ1v) is 8.02. The number of ether oxygens (including phenoxy) is 2. The number of hydrogen-bond acceptors (Lipinski definition) is 6. The van der Waals surface area contributed by atoms with Crippen LogP contribution in [-0.2, 0) is 4.74 Å². The fourth-order valence-electron chi connectivity index (χ4n) is 2.55. The van der Waals surface area contributed by atoms with Crippen molar-refractivity contribution >= 4 is 17.8 Å². The van der Waals surface area contributed by atoms with E-state index in [2.05, 4.69) is 20.4 Å². The summed E-state index contributed by atoms with van der Waals surface area (Å²) in [6.07, 6.45) is 4.69. The third-order valence-electron chi connectivity index (χ3n) is 3.91. The summed E-state index contributed by atoms with van der Waals surface area (Å²) >= 11 is 0. The fourth-order valence-corrected chi connectivity index (χ4v) is 2.55. The first-order chi connectivity index (χ1) is 12.3. The van der Waals surface area contributed by atoms with Crippen LogP contribution in [0.25, 0.3) is 0 Å². The highest BCUT2D eigenvalue weighted by Crippen LogP contribution is 2.25. The Hall–Kier alpha value is -2.93. The van der Waals surface area contributed by atoms with Gasteiger partial charge in [-0.3, -0.25) is 9.78 Å². The van der Waals surface area contributed by atoms with E-state index in [-0.39, 0.29) is 5.91 Å². The average Bonchev–Trinajstić information content (AvgIpc) is 2.69. The largest absolute Gasteiger partial charge is 0.496 e. The SMILES string of the molecule is COc1cc(N2CCOCC2)ccc1/C=N\NC(=O)c1ccncc1. The molecule has 1 aromatic carbocycles. The number of methoxy groups -OCH3 is 1. The van der Waals surface area contributed by atoms with Gasteiger partial charge in [0.2, 0.25) is 0 Å². The maximum atomic E-state index is 11.9. The number of aromatic nitrogens is 1. The van der Waals surface area contributed by atoms with Gasteiger partial charge < -0.3 is 14.4 Å². The van der Waals surface area contributed by atoms with Gasteiger partial charge in [0.1, 0.15) is 5.75 Å². The highest BCUT2D eigenvalue weighted by atomic mass is 16.5. The molecule has 2 aromatic rings. The van der Waals surface area contributed by atoms with Gasteiger partial charge in [0.05, 0.1) is 26.5 Å². The van der Waals surface area contributed by atoms with Crippen molar-refractivity contribution < 1.29 is 14.3 Å². The molecule has 3 rings (SSSR count).